The Kier molecular flexibility index (Phi) is 5.48. The maximum Gasteiger partial charge on any atom is 0.232 e. The van der Waals surface area contributed by atoms with Crippen molar-refractivity contribution in [3.8, 4) is 5.88 Å². The quantitative estimate of drug-likeness (QED) is 0.835. The normalized spacial score (nSPS) is 12.2. The van der Waals surface area contributed by atoms with Gasteiger partial charge in [-0.15, -0.1) is 0 Å². The van der Waals surface area contributed by atoms with Crippen LogP contribution in [0.2, 0.25) is 0 Å². The van der Waals surface area contributed by atoms with Crippen LogP contribution in [0.3, 0.4) is 0 Å². The van der Waals surface area contributed by atoms with Gasteiger partial charge in [0.05, 0.1) is 17.8 Å². The Bertz CT molecular complexity index is 335. The van der Waals surface area contributed by atoms with Crippen LogP contribution in [-0.4, -0.2) is 29.7 Å². The molecule has 0 fully saturated rings. The van der Waals surface area contributed by atoms with Gasteiger partial charge in [-0.1, -0.05) is 0 Å². The van der Waals surface area contributed by atoms with Gasteiger partial charge >= 0.3 is 0 Å². The lowest BCUT2D eigenvalue weighted by molar-refractivity contribution is 0.394. The SMILES string of the molecule is COc1nc(NC(C)CCCN)ncc1Br. The van der Waals surface area contributed by atoms with Crippen molar-refractivity contribution in [2.24, 2.45) is 5.73 Å². The first-order valence-corrected chi connectivity index (χ1v) is 5.99. The van der Waals surface area contributed by atoms with Crippen molar-refractivity contribution in [2.45, 2.75) is 25.8 Å². The Morgan fingerprint density at radius 2 is 2.38 bits per heavy atom. The standard InChI is InChI=1S/C10H17BrN4O/c1-7(4-3-5-12)14-10-13-6-8(11)9(15-10)16-2/h6-7H,3-5,12H2,1-2H3,(H,13,14,15). The molecule has 3 N–H and O–H groups in total. The number of anilines is 1. The summed E-state index contributed by atoms with van der Waals surface area (Å²) in [6.07, 6.45) is 3.66. The molecular weight excluding hydrogens is 272 g/mol. The van der Waals surface area contributed by atoms with Crippen LogP contribution in [0.15, 0.2) is 10.7 Å². The predicted octanol–water partition coefficient (Wildman–Crippen LogP) is 1.79. The molecule has 0 aliphatic carbocycles. The van der Waals surface area contributed by atoms with Crippen LogP contribution < -0.4 is 15.8 Å². The number of methoxy groups -OCH3 is 1. The summed E-state index contributed by atoms with van der Waals surface area (Å²) in [6.45, 7) is 2.78. The van der Waals surface area contributed by atoms with Gasteiger partial charge in [-0.05, 0) is 42.2 Å². The number of nitrogens with two attached hydrogens (primary N) is 1. The van der Waals surface area contributed by atoms with E-state index in [2.05, 4.69) is 38.1 Å². The van der Waals surface area contributed by atoms with E-state index in [0.29, 0.717) is 24.4 Å². The van der Waals surface area contributed by atoms with E-state index in [1.54, 1.807) is 13.3 Å². The maximum atomic E-state index is 5.45. The van der Waals surface area contributed by atoms with Crippen molar-refractivity contribution < 1.29 is 4.74 Å². The van der Waals surface area contributed by atoms with Crippen molar-refractivity contribution in [1.82, 2.24) is 9.97 Å². The van der Waals surface area contributed by atoms with Crippen LogP contribution in [0.1, 0.15) is 19.8 Å². The van der Waals surface area contributed by atoms with E-state index in [4.69, 9.17) is 10.5 Å². The summed E-state index contributed by atoms with van der Waals surface area (Å²) in [5.41, 5.74) is 5.45. The first kappa shape index (κ1) is 13.2. The Balaban J connectivity index is 2.59. The fourth-order valence-electron chi connectivity index (χ4n) is 1.28. The summed E-state index contributed by atoms with van der Waals surface area (Å²) in [4.78, 5) is 8.37. The zero-order chi connectivity index (χ0) is 12.0. The molecule has 0 saturated carbocycles. The lowest BCUT2D eigenvalue weighted by atomic mass is 10.2. The number of aromatic nitrogens is 2. The van der Waals surface area contributed by atoms with E-state index in [1.165, 1.54) is 0 Å². The van der Waals surface area contributed by atoms with Crippen LogP contribution >= 0.6 is 15.9 Å². The maximum absolute atomic E-state index is 5.45. The number of ether oxygens (including phenoxy) is 1. The second-order valence-electron chi connectivity index (χ2n) is 3.53. The second-order valence-corrected chi connectivity index (χ2v) is 4.38. The zero-order valence-electron chi connectivity index (χ0n) is 9.53. The van der Waals surface area contributed by atoms with E-state index in [-0.39, 0.29) is 0 Å². The van der Waals surface area contributed by atoms with E-state index in [9.17, 15) is 0 Å². The summed E-state index contributed by atoms with van der Waals surface area (Å²) < 4.78 is 5.84. The van der Waals surface area contributed by atoms with E-state index in [1.807, 2.05) is 0 Å². The molecule has 1 aromatic rings. The molecule has 90 valence electrons. The largest absolute Gasteiger partial charge is 0.480 e. The molecule has 5 nitrogen and oxygen atoms in total. The average molecular weight is 289 g/mol. The van der Waals surface area contributed by atoms with Gasteiger partial charge in [0.1, 0.15) is 0 Å². The first-order valence-electron chi connectivity index (χ1n) is 5.20. The molecule has 1 heterocycles. The van der Waals surface area contributed by atoms with E-state index in [0.717, 1.165) is 17.3 Å². The van der Waals surface area contributed by atoms with Gasteiger partial charge in [0.2, 0.25) is 11.8 Å². The first-order chi connectivity index (χ1) is 7.67. The molecule has 0 spiro atoms. The molecule has 1 atom stereocenters. The van der Waals surface area contributed by atoms with Gasteiger partial charge in [-0.3, -0.25) is 0 Å². The molecule has 0 aliphatic heterocycles. The second kappa shape index (κ2) is 6.65. The highest BCUT2D eigenvalue weighted by atomic mass is 79.9. The molecule has 1 aromatic heterocycles. The fourth-order valence-corrected chi connectivity index (χ4v) is 1.63. The average Bonchev–Trinajstić information content (AvgIpc) is 2.29. The molecule has 16 heavy (non-hydrogen) atoms. The molecule has 1 unspecified atom stereocenters. The lowest BCUT2D eigenvalue weighted by Gasteiger charge is -2.13. The Hall–Kier alpha value is -0.880. The summed E-state index contributed by atoms with van der Waals surface area (Å²) in [5, 5.41) is 3.20. The van der Waals surface area contributed by atoms with Crippen LogP contribution in [0.4, 0.5) is 5.95 Å². The van der Waals surface area contributed by atoms with Crippen molar-refractivity contribution >= 4 is 21.9 Å². The summed E-state index contributed by atoms with van der Waals surface area (Å²) >= 11 is 3.30. The number of halogens is 1. The molecule has 1 rings (SSSR count). The van der Waals surface area contributed by atoms with Gasteiger partial charge < -0.3 is 15.8 Å². The van der Waals surface area contributed by atoms with Crippen molar-refractivity contribution in [1.29, 1.82) is 0 Å². The summed E-state index contributed by atoms with van der Waals surface area (Å²) in [6, 6.07) is 0.300. The number of hydrogen-bond acceptors (Lipinski definition) is 5. The number of nitrogens with one attached hydrogen (secondary N) is 1. The molecule has 0 aliphatic rings. The van der Waals surface area contributed by atoms with Crippen molar-refractivity contribution in [3.63, 3.8) is 0 Å². The van der Waals surface area contributed by atoms with Crippen molar-refractivity contribution in [2.75, 3.05) is 19.0 Å². The van der Waals surface area contributed by atoms with Crippen LogP contribution in [0.25, 0.3) is 0 Å². The molecule has 0 amide bonds. The van der Waals surface area contributed by atoms with Gasteiger partial charge in [-0.2, -0.15) is 4.98 Å². The number of hydrogen-bond donors (Lipinski definition) is 2. The highest BCUT2D eigenvalue weighted by Crippen LogP contribution is 2.22. The van der Waals surface area contributed by atoms with Gasteiger partial charge in [-0.25, -0.2) is 4.98 Å². The molecular formula is C10H17BrN4O. The van der Waals surface area contributed by atoms with Crippen LogP contribution in [-0.2, 0) is 0 Å². The summed E-state index contributed by atoms with van der Waals surface area (Å²) in [5.74, 6) is 1.10. The fraction of sp³-hybridized carbons (Fsp3) is 0.600. The monoisotopic (exact) mass is 288 g/mol. The predicted molar refractivity (Wildman–Crippen MR) is 67.7 cm³/mol. The minimum Gasteiger partial charge on any atom is -0.480 e. The minimum absolute atomic E-state index is 0.300. The van der Waals surface area contributed by atoms with Gasteiger partial charge in [0.25, 0.3) is 0 Å². The van der Waals surface area contributed by atoms with Crippen LogP contribution in [0, 0.1) is 0 Å². The van der Waals surface area contributed by atoms with E-state index >= 15 is 0 Å². The molecule has 0 aromatic carbocycles. The van der Waals surface area contributed by atoms with Gasteiger partial charge in [0.15, 0.2) is 0 Å². The van der Waals surface area contributed by atoms with Gasteiger partial charge in [0, 0.05) is 6.04 Å². The van der Waals surface area contributed by atoms with Crippen LogP contribution in [0.5, 0.6) is 5.88 Å². The molecule has 0 saturated heterocycles. The molecule has 6 heteroatoms. The smallest absolute Gasteiger partial charge is 0.232 e. The third kappa shape index (κ3) is 3.94. The molecule has 0 bridgehead atoms. The third-order valence-electron chi connectivity index (χ3n) is 2.12. The topological polar surface area (TPSA) is 73.1 Å². The van der Waals surface area contributed by atoms with E-state index < -0.39 is 0 Å². The zero-order valence-corrected chi connectivity index (χ0v) is 11.1. The third-order valence-corrected chi connectivity index (χ3v) is 2.67. The Morgan fingerprint density at radius 3 is 3.00 bits per heavy atom. The van der Waals surface area contributed by atoms with Crippen molar-refractivity contribution in [3.05, 3.63) is 10.7 Å². The highest BCUT2D eigenvalue weighted by Gasteiger charge is 2.07. The minimum atomic E-state index is 0.300. The number of rotatable bonds is 6. The highest BCUT2D eigenvalue weighted by molar-refractivity contribution is 9.10. The Morgan fingerprint density at radius 1 is 1.62 bits per heavy atom. The molecule has 0 radical (unpaired) electrons. The lowest BCUT2D eigenvalue weighted by Crippen LogP contribution is -2.18. The summed E-state index contributed by atoms with van der Waals surface area (Å²) in [7, 11) is 1.58. The number of nitrogens with zero attached hydrogens (tertiary/aromatic N) is 2. The Labute approximate surface area is 104 Å².